The summed E-state index contributed by atoms with van der Waals surface area (Å²) in [6, 6.07) is 10.5. The third kappa shape index (κ3) is 4.45. The lowest BCUT2D eigenvalue weighted by molar-refractivity contribution is 0.570. The molecule has 0 radical (unpaired) electrons. The Morgan fingerprint density at radius 1 is 1.25 bits per heavy atom. The first-order valence-corrected chi connectivity index (χ1v) is 7.40. The normalized spacial score (nSPS) is 14.6. The quantitative estimate of drug-likeness (QED) is 0.792. The van der Waals surface area contributed by atoms with Crippen LogP contribution in [0.4, 0.5) is 0 Å². The van der Waals surface area contributed by atoms with Gasteiger partial charge in [0.15, 0.2) is 0 Å². The predicted octanol–water partition coefficient (Wildman–Crippen LogP) is 2.50. The number of nitrogens with one attached hydrogen (secondary N) is 1. The van der Waals surface area contributed by atoms with Gasteiger partial charge in [-0.3, -0.25) is 4.21 Å². The van der Waals surface area contributed by atoms with Gasteiger partial charge in [-0.1, -0.05) is 44.2 Å². The molecule has 0 saturated carbocycles. The lowest BCUT2D eigenvalue weighted by Gasteiger charge is -2.18. The minimum Gasteiger partial charge on any atom is -0.309 e. The van der Waals surface area contributed by atoms with Crippen molar-refractivity contribution in [3.63, 3.8) is 0 Å². The first kappa shape index (κ1) is 13.4. The van der Waals surface area contributed by atoms with Crippen LogP contribution in [0.15, 0.2) is 30.3 Å². The SMILES string of the molecule is CCCNC(CS(=O)CC)c1ccccc1. The van der Waals surface area contributed by atoms with E-state index in [0.717, 1.165) is 18.7 Å². The molecule has 1 aromatic carbocycles. The van der Waals surface area contributed by atoms with Crippen LogP contribution in [0.3, 0.4) is 0 Å². The Morgan fingerprint density at radius 3 is 2.50 bits per heavy atom. The van der Waals surface area contributed by atoms with Crippen molar-refractivity contribution in [2.45, 2.75) is 26.3 Å². The van der Waals surface area contributed by atoms with Crippen molar-refractivity contribution in [1.29, 1.82) is 0 Å². The largest absolute Gasteiger partial charge is 0.309 e. The lowest BCUT2D eigenvalue weighted by atomic mass is 10.1. The molecule has 0 aliphatic rings. The fourth-order valence-electron chi connectivity index (χ4n) is 1.58. The average Bonchev–Trinajstić information content (AvgIpc) is 2.35. The summed E-state index contributed by atoms with van der Waals surface area (Å²) >= 11 is 0. The van der Waals surface area contributed by atoms with Crippen LogP contribution in [-0.4, -0.2) is 22.3 Å². The maximum atomic E-state index is 11.6. The van der Waals surface area contributed by atoms with Crippen LogP contribution in [0, 0.1) is 0 Å². The van der Waals surface area contributed by atoms with Crippen molar-refractivity contribution in [2.24, 2.45) is 0 Å². The molecule has 0 amide bonds. The zero-order chi connectivity index (χ0) is 11.8. The summed E-state index contributed by atoms with van der Waals surface area (Å²) < 4.78 is 11.6. The Bertz CT molecular complexity index is 313. The van der Waals surface area contributed by atoms with Crippen molar-refractivity contribution >= 4 is 10.8 Å². The Labute approximate surface area is 101 Å². The number of benzene rings is 1. The Hall–Kier alpha value is -0.670. The molecule has 0 aliphatic heterocycles. The molecule has 0 spiro atoms. The Morgan fingerprint density at radius 2 is 1.94 bits per heavy atom. The highest BCUT2D eigenvalue weighted by molar-refractivity contribution is 7.84. The van der Waals surface area contributed by atoms with Crippen molar-refractivity contribution < 1.29 is 4.21 Å². The third-order valence-electron chi connectivity index (χ3n) is 2.52. The van der Waals surface area contributed by atoms with Gasteiger partial charge in [-0.25, -0.2) is 0 Å². The standard InChI is InChI=1S/C13H21NOS/c1-3-10-14-13(11-16(15)4-2)12-8-6-5-7-9-12/h5-9,13-14H,3-4,10-11H2,1-2H3. The zero-order valence-corrected chi connectivity index (χ0v) is 10.9. The van der Waals surface area contributed by atoms with Gasteiger partial charge >= 0.3 is 0 Å². The number of rotatable bonds is 7. The van der Waals surface area contributed by atoms with E-state index < -0.39 is 10.8 Å². The summed E-state index contributed by atoms with van der Waals surface area (Å²) in [4.78, 5) is 0. The maximum Gasteiger partial charge on any atom is 0.0436 e. The second-order valence-corrected chi connectivity index (χ2v) is 5.60. The van der Waals surface area contributed by atoms with E-state index in [1.807, 2.05) is 25.1 Å². The van der Waals surface area contributed by atoms with E-state index >= 15 is 0 Å². The van der Waals surface area contributed by atoms with Gasteiger partial charge in [-0.05, 0) is 18.5 Å². The Balaban J connectivity index is 2.67. The van der Waals surface area contributed by atoms with Gasteiger partial charge in [0, 0.05) is 28.3 Å². The average molecular weight is 239 g/mol. The highest BCUT2D eigenvalue weighted by atomic mass is 32.2. The van der Waals surface area contributed by atoms with Crippen LogP contribution in [0.1, 0.15) is 31.9 Å². The summed E-state index contributed by atoms with van der Waals surface area (Å²) in [5.41, 5.74) is 1.23. The molecule has 0 heterocycles. The topological polar surface area (TPSA) is 29.1 Å². The summed E-state index contributed by atoms with van der Waals surface area (Å²) in [7, 11) is -0.724. The van der Waals surface area contributed by atoms with E-state index in [1.165, 1.54) is 5.56 Å². The first-order chi connectivity index (χ1) is 7.77. The fraction of sp³-hybridized carbons (Fsp3) is 0.538. The van der Waals surface area contributed by atoms with E-state index in [-0.39, 0.29) is 6.04 Å². The van der Waals surface area contributed by atoms with Crippen molar-refractivity contribution in [2.75, 3.05) is 18.1 Å². The van der Waals surface area contributed by atoms with Gasteiger partial charge in [0.1, 0.15) is 0 Å². The summed E-state index contributed by atoms with van der Waals surface area (Å²) in [5, 5.41) is 3.46. The fourth-order valence-corrected chi connectivity index (χ4v) is 2.50. The molecule has 1 N–H and O–H groups in total. The van der Waals surface area contributed by atoms with Crippen LogP contribution in [0.2, 0.25) is 0 Å². The van der Waals surface area contributed by atoms with E-state index in [9.17, 15) is 4.21 Å². The monoisotopic (exact) mass is 239 g/mol. The summed E-state index contributed by atoms with van der Waals surface area (Å²) in [6.07, 6.45) is 1.10. The molecule has 0 bridgehead atoms. The second-order valence-electron chi connectivity index (χ2n) is 3.81. The lowest BCUT2D eigenvalue weighted by Crippen LogP contribution is -2.27. The van der Waals surface area contributed by atoms with E-state index in [2.05, 4.69) is 24.4 Å². The van der Waals surface area contributed by atoms with Gasteiger partial charge in [0.2, 0.25) is 0 Å². The maximum absolute atomic E-state index is 11.6. The van der Waals surface area contributed by atoms with Crippen LogP contribution in [0.5, 0.6) is 0 Å². The molecule has 90 valence electrons. The first-order valence-electron chi connectivity index (χ1n) is 5.91. The molecule has 2 atom stereocenters. The van der Waals surface area contributed by atoms with Crippen LogP contribution < -0.4 is 5.32 Å². The Kier molecular flexibility index (Phi) is 6.34. The molecule has 0 aliphatic carbocycles. The molecule has 2 unspecified atom stereocenters. The van der Waals surface area contributed by atoms with Crippen LogP contribution in [-0.2, 0) is 10.8 Å². The molecule has 1 aromatic rings. The van der Waals surface area contributed by atoms with Gasteiger partial charge < -0.3 is 5.32 Å². The van der Waals surface area contributed by atoms with E-state index in [4.69, 9.17) is 0 Å². The van der Waals surface area contributed by atoms with Crippen LogP contribution in [0.25, 0.3) is 0 Å². The van der Waals surface area contributed by atoms with Crippen molar-refractivity contribution in [1.82, 2.24) is 5.32 Å². The van der Waals surface area contributed by atoms with E-state index in [1.54, 1.807) is 0 Å². The summed E-state index contributed by atoms with van der Waals surface area (Å²) in [5.74, 6) is 1.44. The van der Waals surface area contributed by atoms with Gasteiger partial charge in [-0.2, -0.15) is 0 Å². The highest BCUT2D eigenvalue weighted by Crippen LogP contribution is 2.13. The molecule has 0 fully saturated rings. The molecular formula is C13H21NOS. The molecule has 2 nitrogen and oxygen atoms in total. The van der Waals surface area contributed by atoms with Gasteiger partial charge in [-0.15, -0.1) is 0 Å². The van der Waals surface area contributed by atoms with Crippen molar-refractivity contribution in [3.05, 3.63) is 35.9 Å². The minimum absolute atomic E-state index is 0.224. The van der Waals surface area contributed by atoms with Crippen molar-refractivity contribution in [3.8, 4) is 0 Å². The zero-order valence-electron chi connectivity index (χ0n) is 10.1. The predicted molar refractivity (Wildman–Crippen MR) is 71.0 cm³/mol. The molecule has 0 aromatic heterocycles. The molecular weight excluding hydrogens is 218 g/mol. The summed E-state index contributed by atoms with van der Waals surface area (Å²) in [6.45, 7) is 5.09. The number of hydrogen-bond donors (Lipinski definition) is 1. The third-order valence-corrected chi connectivity index (χ3v) is 3.87. The van der Waals surface area contributed by atoms with E-state index in [0.29, 0.717) is 5.75 Å². The molecule has 16 heavy (non-hydrogen) atoms. The molecule has 0 saturated heterocycles. The minimum atomic E-state index is -0.724. The van der Waals surface area contributed by atoms with Gasteiger partial charge in [0.25, 0.3) is 0 Å². The highest BCUT2D eigenvalue weighted by Gasteiger charge is 2.12. The van der Waals surface area contributed by atoms with Gasteiger partial charge in [0.05, 0.1) is 0 Å². The van der Waals surface area contributed by atoms with Crippen LogP contribution >= 0.6 is 0 Å². The molecule has 3 heteroatoms. The molecule has 1 rings (SSSR count). The second kappa shape index (κ2) is 7.58. The number of hydrogen-bond acceptors (Lipinski definition) is 2. The smallest absolute Gasteiger partial charge is 0.0436 e.